The molecule has 1 saturated carbocycles. The fourth-order valence-corrected chi connectivity index (χ4v) is 3.06. The molecule has 0 heterocycles. The molecule has 1 aliphatic rings. The van der Waals surface area contributed by atoms with Crippen LogP contribution in [0.3, 0.4) is 0 Å². The summed E-state index contributed by atoms with van der Waals surface area (Å²) in [5.41, 5.74) is 1.08. The highest BCUT2D eigenvalue weighted by molar-refractivity contribution is 5.20. The third kappa shape index (κ3) is 4.31. The Balaban J connectivity index is 1.86. The number of hydrogen-bond acceptors (Lipinski definition) is 1. The Labute approximate surface area is 116 Å². The number of rotatable bonds is 5. The molecule has 0 amide bonds. The van der Waals surface area contributed by atoms with E-state index in [9.17, 15) is 4.39 Å². The maximum absolute atomic E-state index is 13.3. The molecule has 2 heteroatoms. The van der Waals surface area contributed by atoms with Crippen LogP contribution in [0, 0.1) is 17.7 Å². The summed E-state index contributed by atoms with van der Waals surface area (Å²) in [6.07, 6.45) is 6.42. The SMILES string of the molecule is CCC(NCC1CCC(C)CC1)c1cccc(F)c1. The molecular weight excluding hydrogens is 237 g/mol. The van der Waals surface area contributed by atoms with Crippen molar-refractivity contribution >= 4 is 0 Å². The van der Waals surface area contributed by atoms with Gasteiger partial charge in [-0.3, -0.25) is 0 Å². The van der Waals surface area contributed by atoms with Gasteiger partial charge >= 0.3 is 0 Å². The molecular formula is C17H26FN. The minimum atomic E-state index is -0.135. The van der Waals surface area contributed by atoms with Gasteiger partial charge in [0.05, 0.1) is 0 Å². The van der Waals surface area contributed by atoms with Gasteiger partial charge in [0.1, 0.15) is 5.82 Å². The van der Waals surface area contributed by atoms with Gasteiger partial charge in [-0.1, -0.05) is 38.8 Å². The summed E-state index contributed by atoms with van der Waals surface area (Å²) in [6, 6.07) is 7.28. The molecule has 0 aromatic heterocycles. The first kappa shape index (κ1) is 14.5. The van der Waals surface area contributed by atoms with Crippen LogP contribution in [0.25, 0.3) is 0 Å². The van der Waals surface area contributed by atoms with E-state index in [4.69, 9.17) is 0 Å². The highest BCUT2D eigenvalue weighted by Crippen LogP contribution is 2.28. The summed E-state index contributed by atoms with van der Waals surface area (Å²) in [5.74, 6) is 1.57. The molecule has 1 unspecified atom stereocenters. The Morgan fingerprint density at radius 3 is 2.63 bits per heavy atom. The Kier molecular flexibility index (Phi) is 5.38. The van der Waals surface area contributed by atoms with E-state index >= 15 is 0 Å². The fraction of sp³-hybridized carbons (Fsp3) is 0.647. The lowest BCUT2D eigenvalue weighted by Crippen LogP contribution is -2.29. The largest absolute Gasteiger partial charge is 0.310 e. The van der Waals surface area contributed by atoms with Crippen LogP contribution in [0.15, 0.2) is 24.3 Å². The molecule has 0 aliphatic heterocycles. The van der Waals surface area contributed by atoms with Crippen molar-refractivity contribution in [3.63, 3.8) is 0 Å². The van der Waals surface area contributed by atoms with E-state index < -0.39 is 0 Å². The van der Waals surface area contributed by atoms with Crippen molar-refractivity contribution in [2.45, 2.75) is 52.0 Å². The van der Waals surface area contributed by atoms with E-state index in [1.165, 1.54) is 31.7 Å². The lowest BCUT2D eigenvalue weighted by Gasteiger charge is -2.28. The molecule has 1 N–H and O–H groups in total. The van der Waals surface area contributed by atoms with E-state index in [2.05, 4.69) is 19.2 Å². The second-order valence-electron chi connectivity index (χ2n) is 6.05. The molecule has 106 valence electrons. The van der Waals surface area contributed by atoms with Crippen LogP contribution in [0.4, 0.5) is 4.39 Å². The number of benzene rings is 1. The zero-order chi connectivity index (χ0) is 13.7. The standard InChI is InChI=1S/C17H26FN/c1-3-17(15-5-4-6-16(18)11-15)19-12-14-9-7-13(2)8-10-14/h4-6,11,13-14,17,19H,3,7-10,12H2,1-2H3. The monoisotopic (exact) mass is 263 g/mol. The maximum Gasteiger partial charge on any atom is 0.123 e. The van der Waals surface area contributed by atoms with Crippen molar-refractivity contribution in [2.75, 3.05) is 6.54 Å². The average Bonchev–Trinajstić information content (AvgIpc) is 2.42. The molecule has 1 aromatic rings. The van der Waals surface area contributed by atoms with Crippen molar-refractivity contribution in [1.29, 1.82) is 0 Å². The molecule has 0 radical (unpaired) electrons. The highest BCUT2D eigenvalue weighted by atomic mass is 19.1. The van der Waals surface area contributed by atoms with Gasteiger partial charge in [0.2, 0.25) is 0 Å². The van der Waals surface area contributed by atoms with Gasteiger partial charge in [-0.2, -0.15) is 0 Å². The molecule has 1 aliphatic carbocycles. The normalized spacial score (nSPS) is 25.2. The molecule has 0 bridgehead atoms. The quantitative estimate of drug-likeness (QED) is 0.812. The van der Waals surface area contributed by atoms with Crippen LogP contribution in [0.1, 0.15) is 57.6 Å². The summed E-state index contributed by atoms with van der Waals surface area (Å²) in [5, 5.41) is 3.63. The second kappa shape index (κ2) is 7.04. The van der Waals surface area contributed by atoms with Crippen LogP contribution in [0.2, 0.25) is 0 Å². The summed E-state index contributed by atoms with van der Waals surface area (Å²) in [4.78, 5) is 0. The van der Waals surface area contributed by atoms with Crippen molar-refractivity contribution in [1.82, 2.24) is 5.32 Å². The van der Waals surface area contributed by atoms with Crippen LogP contribution < -0.4 is 5.32 Å². The lowest BCUT2D eigenvalue weighted by molar-refractivity contribution is 0.273. The zero-order valence-electron chi connectivity index (χ0n) is 12.2. The van der Waals surface area contributed by atoms with Gasteiger partial charge in [0.25, 0.3) is 0 Å². The van der Waals surface area contributed by atoms with Gasteiger partial charge < -0.3 is 5.32 Å². The Morgan fingerprint density at radius 2 is 2.00 bits per heavy atom. The molecule has 1 fully saturated rings. The Morgan fingerprint density at radius 1 is 1.26 bits per heavy atom. The summed E-state index contributed by atoms with van der Waals surface area (Å²) in [6.45, 7) is 5.58. The zero-order valence-corrected chi connectivity index (χ0v) is 12.2. The lowest BCUT2D eigenvalue weighted by atomic mass is 9.83. The highest BCUT2D eigenvalue weighted by Gasteiger charge is 2.19. The van der Waals surface area contributed by atoms with Gasteiger partial charge in [-0.15, -0.1) is 0 Å². The van der Waals surface area contributed by atoms with Gasteiger partial charge in [0, 0.05) is 6.04 Å². The average molecular weight is 263 g/mol. The van der Waals surface area contributed by atoms with Crippen LogP contribution in [-0.2, 0) is 0 Å². The van der Waals surface area contributed by atoms with Crippen LogP contribution in [-0.4, -0.2) is 6.54 Å². The first-order valence-corrected chi connectivity index (χ1v) is 7.68. The van der Waals surface area contributed by atoms with Gasteiger partial charge in [-0.25, -0.2) is 4.39 Å². The Hall–Kier alpha value is -0.890. The molecule has 0 spiro atoms. The fourth-order valence-electron chi connectivity index (χ4n) is 3.06. The summed E-state index contributed by atoms with van der Waals surface area (Å²) >= 11 is 0. The second-order valence-corrected chi connectivity index (χ2v) is 6.05. The first-order valence-electron chi connectivity index (χ1n) is 7.68. The van der Waals surface area contributed by atoms with E-state index in [1.807, 2.05) is 6.07 Å². The third-order valence-corrected chi connectivity index (χ3v) is 4.45. The van der Waals surface area contributed by atoms with E-state index in [1.54, 1.807) is 12.1 Å². The summed E-state index contributed by atoms with van der Waals surface area (Å²) < 4.78 is 13.3. The molecule has 1 atom stereocenters. The molecule has 1 aromatic carbocycles. The van der Waals surface area contributed by atoms with E-state index in [0.29, 0.717) is 0 Å². The summed E-state index contributed by atoms with van der Waals surface area (Å²) in [7, 11) is 0. The molecule has 1 nitrogen and oxygen atoms in total. The van der Waals surface area contributed by atoms with Crippen LogP contribution >= 0.6 is 0 Å². The molecule has 0 saturated heterocycles. The van der Waals surface area contributed by atoms with Crippen molar-refractivity contribution in [3.8, 4) is 0 Å². The maximum atomic E-state index is 13.3. The predicted octanol–water partition coefficient (Wildman–Crippen LogP) is 4.69. The van der Waals surface area contributed by atoms with Gasteiger partial charge in [0.15, 0.2) is 0 Å². The first-order chi connectivity index (χ1) is 9.19. The van der Waals surface area contributed by atoms with Crippen molar-refractivity contribution in [3.05, 3.63) is 35.6 Å². The smallest absolute Gasteiger partial charge is 0.123 e. The van der Waals surface area contributed by atoms with Crippen molar-refractivity contribution < 1.29 is 4.39 Å². The van der Waals surface area contributed by atoms with Crippen molar-refractivity contribution in [2.24, 2.45) is 11.8 Å². The number of halogens is 1. The number of hydrogen-bond donors (Lipinski definition) is 1. The topological polar surface area (TPSA) is 12.0 Å². The molecule has 2 rings (SSSR count). The van der Waals surface area contributed by atoms with E-state index in [0.717, 1.165) is 30.4 Å². The minimum absolute atomic E-state index is 0.135. The minimum Gasteiger partial charge on any atom is -0.310 e. The van der Waals surface area contributed by atoms with Gasteiger partial charge in [-0.05, 0) is 55.3 Å². The van der Waals surface area contributed by atoms with Crippen LogP contribution in [0.5, 0.6) is 0 Å². The van der Waals surface area contributed by atoms with E-state index in [-0.39, 0.29) is 11.9 Å². The Bertz CT molecular complexity index is 383. The third-order valence-electron chi connectivity index (χ3n) is 4.45. The predicted molar refractivity (Wildman–Crippen MR) is 78.6 cm³/mol. The number of nitrogens with one attached hydrogen (secondary N) is 1. The molecule has 19 heavy (non-hydrogen) atoms.